The van der Waals surface area contributed by atoms with Crippen LogP contribution in [0, 0.1) is 13.8 Å². The van der Waals surface area contributed by atoms with Crippen molar-refractivity contribution in [3.8, 4) is 0 Å². The molecule has 108 valence electrons. The van der Waals surface area contributed by atoms with Gasteiger partial charge >= 0.3 is 0 Å². The van der Waals surface area contributed by atoms with E-state index in [1.54, 1.807) is 0 Å². The molecule has 0 saturated carbocycles. The molecule has 1 aromatic rings. The molecular weight excluding hydrogens is 260 g/mol. The second-order valence-corrected chi connectivity index (χ2v) is 7.04. The lowest BCUT2D eigenvalue weighted by Gasteiger charge is -2.12. The highest BCUT2D eigenvalue weighted by atomic mass is 32.2. The zero-order valence-corrected chi connectivity index (χ0v) is 13.0. The summed E-state index contributed by atoms with van der Waals surface area (Å²) < 4.78 is 26.5. The molecule has 0 aliphatic carbocycles. The molecule has 0 saturated heterocycles. The van der Waals surface area contributed by atoms with Crippen LogP contribution in [0.3, 0.4) is 0 Å². The van der Waals surface area contributed by atoms with E-state index in [2.05, 4.69) is 10.0 Å². The van der Waals surface area contributed by atoms with Crippen LogP contribution in [0.5, 0.6) is 0 Å². The number of hydrogen-bond donors (Lipinski definition) is 2. The van der Waals surface area contributed by atoms with E-state index in [1.807, 2.05) is 45.9 Å². The van der Waals surface area contributed by atoms with Crippen LogP contribution in [-0.4, -0.2) is 26.8 Å². The maximum absolute atomic E-state index is 11.9. The summed E-state index contributed by atoms with van der Waals surface area (Å²) in [6.45, 7) is 8.70. The second-order valence-electron chi connectivity index (χ2n) is 5.20. The summed E-state index contributed by atoms with van der Waals surface area (Å²) >= 11 is 0. The zero-order valence-electron chi connectivity index (χ0n) is 12.2. The molecule has 0 aliphatic heterocycles. The van der Waals surface area contributed by atoms with E-state index < -0.39 is 10.0 Å². The number of anilines is 1. The Morgan fingerprint density at radius 2 is 1.89 bits per heavy atom. The van der Waals surface area contributed by atoms with E-state index in [0.29, 0.717) is 24.7 Å². The summed E-state index contributed by atoms with van der Waals surface area (Å²) in [6.07, 6.45) is 0.610. The monoisotopic (exact) mass is 284 g/mol. The summed E-state index contributed by atoms with van der Waals surface area (Å²) in [5.74, 6) is 0.139. The number of benzene rings is 1. The van der Waals surface area contributed by atoms with Gasteiger partial charge in [-0.05, 0) is 38.4 Å². The molecule has 4 nitrogen and oxygen atoms in total. The third-order valence-corrected chi connectivity index (χ3v) is 4.15. The predicted octanol–water partition coefficient (Wildman–Crippen LogP) is 2.43. The average molecular weight is 284 g/mol. The summed E-state index contributed by atoms with van der Waals surface area (Å²) in [4.78, 5) is 0. The van der Waals surface area contributed by atoms with Gasteiger partial charge in [0.25, 0.3) is 0 Å². The minimum absolute atomic E-state index is 0.139. The smallest absolute Gasteiger partial charge is 0.232 e. The topological polar surface area (TPSA) is 58.2 Å². The zero-order chi connectivity index (χ0) is 14.5. The standard InChI is InChI=1S/C14H24N2O2S/c1-11(2)15-8-5-9-19(17,18)16-14-7-6-12(3)10-13(14)4/h6-7,10-11,15-16H,5,8-9H2,1-4H3. The van der Waals surface area contributed by atoms with Crippen molar-refractivity contribution in [1.82, 2.24) is 5.32 Å². The van der Waals surface area contributed by atoms with Crippen LogP contribution in [0.1, 0.15) is 31.4 Å². The fourth-order valence-corrected chi connectivity index (χ4v) is 2.99. The Morgan fingerprint density at radius 3 is 2.47 bits per heavy atom. The van der Waals surface area contributed by atoms with Gasteiger partial charge in [0.05, 0.1) is 11.4 Å². The fraction of sp³-hybridized carbons (Fsp3) is 0.571. The average Bonchev–Trinajstić information content (AvgIpc) is 2.28. The van der Waals surface area contributed by atoms with E-state index in [4.69, 9.17) is 0 Å². The van der Waals surface area contributed by atoms with Gasteiger partial charge in [-0.1, -0.05) is 31.5 Å². The van der Waals surface area contributed by atoms with Crippen molar-refractivity contribution in [3.63, 3.8) is 0 Å². The number of rotatable bonds is 7. The molecule has 0 aromatic heterocycles. The Kier molecular flexibility index (Phi) is 5.82. The molecule has 0 amide bonds. The lowest BCUT2D eigenvalue weighted by molar-refractivity contribution is 0.571. The lowest BCUT2D eigenvalue weighted by atomic mass is 10.1. The van der Waals surface area contributed by atoms with Crippen LogP contribution in [0.25, 0.3) is 0 Å². The van der Waals surface area contributed by atoms with Gasteiger partial charge in [-0.3, -0.25) is 4.72 Å². The van der Waals surface area contributed by atoms with Gasteiger partial charge in [0.1, 0.15) is 0 Å². The molecule has 0 radical (unpaired) electrons. The molecule has 19 heavy (non-hydrogen) atoms. The van der Waals surface area contributed by atoms with E-state index in [-0.39, 0.29) is 5.75 Å². The second kappa shape index (κ2) is 6.91. The Labute approximate surface area is 116 Å². The lowest BCUT2D eigenvalue weighted by Crippen LogP contribution is -2.26. The quantitative estimate of drug-likeness (QED) is 0.756. The number of aryl methyl sites for hydroxylation is 2. The van der Waals surface area contributed by atoms with E-state index in [0.717, 1.165) is 11.1 Å². The van der Waals surface area contributed by atoms with Gasteiger partial charge < -0.3 is 5.32 Å². The van der Waals surface area contributed by atoms with Crippen molar-refractivity contribution >= 4 is 15.7 Å². The van der Waals surface area contributed by atoms with Crippen molar-refractivity contribution in [2.24, 2.45) is 0 Å². The largest absolute Gasteiger partial charge is 0.314 e. The molecule has 0 spiro atoms. The molecule has 0 heterocycles. The molecule has 1 aromatic carbocycles. The number of nitrogens with one attached hydrogen (secondary N) is 2. The van der Waals surface area contributed by atoms with Crippen molar-refractivity contribution < 1.29 is 8.42 Å². The third-order valence-electron chi connectivity index (χ3n) is 2.79. The molecule has 0 atom stereocenters. The Morgan fingerprint density at radius 1 is 1.21 bits per heavy atom. The molecule has 0 unspecified atom stereocenters. The first-order valence-electron chi connectivity index (χ1n) is 6.61. The summed E-state index contributed by atoms with van der Waals surface area (Å²) in [6, 6.07) is 6.08. The first-order valence-corrected chi connectivity index (χ1v) is 8.26. The first-order chi connectivity index (χ1) is 8.80. The molecule has 1 rings (SSSR count). The van der Waals surface area contributed by atoms with E-state index in [1.165, 1.54) is 0 Å². The van der Waals surface area contributed by atoms with Crippen molar-refractivity contribution in [2.75, 3.05) is 17.0 Å². The van der Waals surface area contributed by atoms with Gasteiger partial charge in [-0.15, -0.1) is 0 Å². The summed E-state index contributed by atoms with van der Waals surface area (Å²) in [5, 5.41) is 3.21. The van der Waals surface area contributed by atoms with Crippen molar-refractivity contribution in [1.29, 1.82) is 0 Å². The third kappa shape index (κ3) is 6.07. The molecule has 2 N–H and O–H groups in total. The highest BCUT2D eigenvalue weighted by Gasteiger charge is 2.11. The first kappa shape index (κ1) is 16.0. The Hall–Kier alpha value is -1.07. The van der Waals surface area contributed by atoms with Gasteiger partial charge in [0.15, 0.2) is 0 Å². The van der Waals surface area contributed by atoms with E-state index >= 15 is 0 Å². The van der Waals surface area contributed by atoms with Gasteiger partial charge in [0.2, 0.25) is 10.0 Å². The van der Waals surface area contributed by atoms with Crippen LogP contribution >= 0.6 is 0 Å². The number of sulfonamides is 1. The minimum Gasteiger partial charge on any atom is -0.314 e. The minimum atomic E-state index is -3.26. The van der Waals surface area contributed by atoms with Crippen molar-refractivity contribution in [2.45, 2.75) is 40.2 Å². The summed E-state index contributed by atoms with van der Waals surface area (Å²) in [5.41, 5.74) is 2.74. The van der Waals surface area contributed by atoms with Crippen LogP contribution in [-0.2, 0) is 10.0 Å². The van der Waals surface area contributed by atoms with Gasteiger partial charge in [0, 0.05) is 6.04 Å². The van der Waals surface area contributed by atoms with Crippen LogP contribution in [0.15, 0.2) is 18.2 Å². The van der Waals surface area contributed by atoms with Gasteiger partial charge in [-0.2, -0.15) is 0 Å². The molecule has 5 heteroatoms. The molecule has 0 bridgehead atoms. The van der Waals surface area contributed by atoms with Crippen LogP contribution in [0.4, 0.5) is 5.69 Å². The molecular formula is C14H24N2O2S. The highest BCUT2D eigenvalue weighted by Crippen LogP contribution is 2.17. The maximum atomic E-state index is 11.9. The molecule has 0 aliphatic rings. The normalized spacial score (nSPS) is 11.8. The van der Waals surface area contributed by atoms with Crippen LogP contribution < -0.4 is 10.0 Å². The van der Waals surface area contributed by atoms with Gasteiger partial charge in [-0.25, -0.2) is 8.42 Å². The van der Waals surface area contributed by atoms with Crippen molar-refractivity contribution in [3.05, 3.63) is 29.3 Å². The highest BCUT2D eigenvalue weighted by molar-refractivity contribution is 7.92. The van der Waals surface area contributed by atoms with Crippen LogP contribution in [0.2, 0.25) is 0 Å². The SMILES string of the molecule is Cc1ccc(NS(=O)(=O)CCCNC(C)C)c(C)c1. The molecule has 0 fully saturated rings. The van der Waals surface area contributed by atoms with E-state index in [9.17, 15) is 8.42 Å². The Balaban J connectivity index is 2.54. The number of hydrogen-bond acceptors (Lipinski definition) is 3. The predicted molar refractivity (Wildman–Crippen MR) is 81.1 cm³/mol. The fourth-order valence-electron chi connectivity index (χ4n) is 1.80. The summed E-state index contributed by atoms with van der Waals surface area (Å²) in [7, 11) is -3.26. The Bertz CT molecular complexity index is 510. The maximum Gasteiger partial charge on any atom is 0.232 e.